The molecule has 1 aromatic carbocycles. The van der Waals surface area contributed by atoms with Gasteiger partial charge in [0.1, 0.15) is 11.3 Å². The Bertz CT molecular complexity index is 459. The highest BCUT2D eigenvalue weighted by molar-refractivity contribution is 5.77. The SMILES string of the molecule is NNC(c1cc2ccccc2o1)C(F)(F)F. The van der Waals surface area contributed by atoms with Crippen LogP contribution in [0.4, 0.5) is 13.2 Å². The zero-order valence-corrected chi connectivity index (χ0v) is 8.08. The molecular weight excluding hydrogens is 221 g/mol. The Balaban J connectivity index is 2.46. The maximum absolute atomic E-state index is 12.5. The highest BCUT2D eigenvalue weighted by Gasteiger charge is 2.42. The van der Waals surface area contributed by atoms with Gasteiger partial charge in [0.25, 0.3) is 0 Å². The van der Waals surface area contributed by atoms with E-state index in [1.165, 1.54) is 6.07 Å². The molecule has 1 heterocycles. The van der Waals surface area contributed by atoms with E-state index in [1.54, 1.807) is 29.7 Å². The molecule has 3 nitrogen and oxygen atoms in total. The van der Waals surface area contributed by atoms with Gasteiger partial charge in [0.2, 0.25) is 0 Å². The highest BCUT2D eigenvalue weighted by atomic mass is 19.4. The molecule has 16 heavy (non-hydrogen) atoms. The predicted octanol–water partition coefficient (Wildman–Crippen LogP) is 2.50. The molecule has 3 N–H and O–H groups in total. The number of fused-ring (bicyclic) bond motifs is 1. The van der Waals surface area contributed by atoms with Crippen molar-refractivity contribution in [2.45, 2.75) is 12.2 Å². The number of alkyl halides is 3. The summed E-state index contributed by atoms with van der Waals surface area (Å²) >= 11 is 0. The Morgan fingerprint density at radius 3 is 2.50 bits per heavy atom. The van der Waals surface area contributed by atoms with Crippen molar-refractivity contribution in [1.29, 1.82) is 0 Å². The molecule has 1 unspecified atom stereocenters. The highest BCUT2D eigenvalue weighted by Crippen LogP contribution is 2.34. The molecular formula is C10H9F3N2O. The average molecular weight is 230 g/mol. The third-order valence-electron chi connectivity index (χ3n) is 2.22. The Hall–Kier alpha value is -1.53. The van der Waals surface area contributed by atoms with Gasteiger partial charge in [0.05, 0.1) is 0 Å². The molecule has 0 aliphatic rings. The van der Waals surface area contributed by atoms with Crippen LogP contribution in [0.1, 0.15) is 11.8 Å². The molecule has 6 heteroatoms. The average Bonchev–Trinajstić information content (AvgIpc) is 2.59. The van der Waals surface area contributed by atoms with E-state index in [4.69, 9.17) is 10.3 Å². The third-order valence-corrected chi connectivity index (χ3v) is 2.22. The largest absolute Gasteiger partial charge is 0.459 e. The fraction of sp³-hybridized carbons (Fsp3) is 0.200. The zero-order chi connectivity index (χ0) is 11.8. The van der Waals surface area contributed by atoms with Gasteiger partial charge in [0, 0.05) is 5.39 Å². The molecule has 0 aliphatic heterocycles. The van der Waals surface area contributed by atoms with Crippen LogP contribution in [-0.2, 0) is 0 Å². The van der Waals surface area contributed by atoms with Crippen LogP contribution >= 0.6 is 0 Å². The van der Waals surface area contributed by atoms with Crippen molar-refractivity contribution in [3.63, 3.8) is 0 Å². The second-order valence-electron chi connectivity index (χ2n) is 3.33. The van der Waals surface area contributed by atoms with Gasteiger partial charge >= 0.3 is 6.18 Å². The molecule has 0 amide bonds. The van der Waals surface area contributed by atoms with Crippen LogP contribution in [0, 0.1) is 0 Å². The number of hydrazine groups is 1. The third kappa shape index (κ3) is 1.89. The molecule has 0 saturated heterocycles. The van der Waals surface area contributed by atoms with E-state index in [0.29, 0.717) is 11.0 Å². The van der Waals surface area contributed by atoms with Gasteiger partial charge in [-0.15, -0.1) is 0 Å². The summed E-state index contributed by atoms with van der Waals surface area (Å²) in [4.78, 5) is 0. The normalized spacial score (nSPS) is 14.2. The Labute approximate surface area is 89.0 Å². The van der Waals surface area contributed by atoms with E-state index >= 15 is 0 Å². The first kappa shape index (κ1) is 11.0. The van der Waals surface area contributed by atoms with E-state index in [2.05, 4.69) is 0 Å². The van der Waals surface area contributed by atoms with Crippen molar-refractivity contribution in [3.05, 3.63) is 36.1 Å². The molecule has 0 aliphatic carbocycles. The van der Waals surface area contributed by atoms with Crippen molar-refractivity contribution in [2.24, 2.45) is 5.84 Å². The van der Waals surface area contributed by atoms with Crippen molar-refractivity contribution >= 4 is 11.0 Å². The molecule has 2 rings (SSSR count). The molecule has 0 saturated carbocycles. The summed E-state index contributed by atoms with van der Waals surface area (Å²) in [5.74, 6) is 4.64. The fourth-order valence-corrected chi connectivity index (χ4v) is 1.48. The van der Waals surface area contributed by atoms with Crippen molar-refractivity contribution in [1.82, 2.24) is 5.43 Å². The molecule has 1 atom stereocenters. The number of rotatable bonds is 2. The van der Waals surface area contributed by atoms with Crippen LogP contribution in [0.2, 0.25) is 0 Å². The van der Waals surface area contributed by atoms with Gasteiger partial charge in [-0.3, -0.25) is 5.84 Å². The van der Waals surface area contributed by atoms with Gasteiger partial charge in [-0.05, 0) is 12.1 Å². The van der Waals surface area contributed by atoms with E-state index in [0.717, 1.165) is 0 Å². The molecule has 0 bridgehead atoms. The summed E-state index contributed by atoms with van der Waals surface area (Å²) in [7, 11) is 0. The number of hydrogen-bond acceptors (Lipinski definition) is 3. The molecule has 0 radical (unpaired) electrons. The van der Waals surface area contributed by atoms with Gasteiger partial charge in [-0.1, -0.05) is 18.2 Å². The Kier molecular flexibility index (Phi) is 2.61. The van der Waals surface area contributed by atoms with Crippen molar-refractivity contribution < 1.29 is 17.6 Å². The lowest BCUT2D eigenvalue weighted by atomic mass is 10.2. The van der Waals surface area contributed by atoms with Crippen LogP contribution in [-0.4, -0.2) is 6.18 Å². The van der Waals surface area contributed by atoms with E-state index in [1.807, 2.05) is 0 Å². The van der Waals surface area contributed by atoms with E-state index in [9.17, 15) is 13.2 Å². The van der Waals surface area contributed by atoms with Gasteiger partial charge in [-0.25, -0.2) is 5.43 Å². The summed E-state index contributed by atoms with van der Waals surface area (Å²) in [5, 5.41) is 0.613. The summed E-state index contributed by atoms with van der Waals surface area (Å²) in [6, 6.07) is 6.02. The molecule has 1 aromatic heterocycles. The minimum atomic E-state index is -4.48. The fourth-order valence-electron chi connectivity index (χ4n) is 1.48. The predicted molar refractivity (Wildman–Crippen MR) is 52.3 cm³/mol. The second-order valence-corrected chi connectivity index (χ2v) is 3.33. The van der Waals surface area contributed by atoms with E-state index < -0.39 is 12.2 Å². The van der Waals surface area contributed by atoms with Crippen LogP contribution in [0.5, 0.6) is 0 Å². The molecule has 0 fully saturated rings. The van der Waals surface area contributed by atoms with Crippen LogP contribution < -0.4 is 11.3 Å². The number of benzene rings is 1. The second kappa shape index (κ2) is 3.80. The van der Waals surface area contributed by atoms with Crippen LogP contribution in [0.15, 0.2) is 34.7 Å². The lowest BCUT2D eigenvalue weighted by molar-refractivity contribution is -0.161. The maximum Gasteiger partial charge on any atom is 0.412 e. The Morgan fingerprint density at radius 2 is 1.94 bits per heavy atom. The smallest absolute Gasteiger partial charge is 0.412 e. The summed E-state index contributed by atoms with van der Waals surface area (Å²) in [5.41, 5.74) is 2.11. The standard InChI is InChI=1S/C10H9F3N2O/c11-10(12,13)9(15-14)8-5-6-3-1-2-4-7(6)16-8/h1-5,9,15H,14H2. The minimum absolute atomic E-state index is 0.240. The quantitative estimate of drug-likeness (QED) is 0.615. The van der Waals surface area contributed by atoms with Crippen LogP contribution in [0.3, 0.4) is 0 Å². The van der Waals surface area contributed by atoms with Gasteiger partial charge < -0.3 is 4.42 Å². The maximum atomic E-state index is 12.5. The molecule has 86 valence electrons. The summed E-state index contributed by atoms with van der Waals surface area (Å²) < 4.78 is 42.7. The van der Waals surface area contributed by atoms with Crippen molar-refractivity contribution in [2.75, 3.05) is 0 Å². The van der Waals surface area contributed by atoms with Crippen molar-refractivity contribution in [3.8, 4) is 0 Å². The number of hydrogen-bond donors (Lipinski definition) is 2. The zero-order valence-electron chi connectivity index (χ0n) is 8.08. The summed E-state index contributed by atoms with van der Waals surface area (Å²) in [6.45, 7) is 0. The number of para-hydroxylation sites is 1. The number of furan rings is 1. The van der Waals surface area contributed by atoms with E-state index in [-0.39, 0.29) is 5.76 Å². The Morgan fingerprint density at radius 1 is 1.25 bits per heavy atom. The van der Waals surface area contributed by atoms with Gasteiger partial charge in [0.15, 0.2) is 6.04 Å². The monoisotopic (exact) mass is 230 g/mol. The van der Waals surface area contributed by atoms with Gasteiger partial charge in [-0.2, -0.15) is 13.2 Å². The molecule has 2 aromatic rings. The summed E-state index contributed by atoms with van der Waals surface area (Å²) in [6.07, 6.45) is -4.48. The number of halogens is 3. The first-order valence-electron chi connectivity index (χ1n) is 4.53. The molecule has 0 spiro atoms. The van der Waals surface area contributed by atoms with Crippen LogP contribution in [0.25, 0.3) is 11.0 Å². The lowest BCUT2D eigenvalue weighted by Gasteiger charge is -2.16. The lowest BCUT2D eigenvalue weighted by Crippen LogP contribution is -2.38. The number of nitrogens with one attached hydrogen (secondary N) is 1. The topological polar surface area (TPSA) is 51.2 Å². The first-order chi connectivity index (χ1) is 7.52. The first-order valence-corrected chi connectivity index (χ1v) is 4.53. The minimum Gasteiger partial charge on any atom is -0.459 e. The number of nitrogens with two attached hydrogens (primary N) is 1.